The molecule has 3 unspecified atom stereocenters. The summed E-state index contributed by atoms with van der Waals surface area (Å²) in [7, 11) is 0. The van der Waals surface area contributed by atoms with E-state index in [9.17, 15) is 4.79 Å². The van der Waals surface area contributed by atoms with E-state index in [2.05, 4.69) is 48.1 Å². The van der Waals surface area contributed by atoms with Gasteiger partial charge in [0, 0.05) is 27.8 Å². The Labute approximate surface area is 212 Å². The summed E-state index contributed by atoms with van der Waals surface area (Å²) < 4.78 is 24.0. The van der Waals surface area contributed by atoms with Gasteiger partial charge in [0.2, 0.25) is 0 Å². The van der Waals surface area contributed by atoms with Crippen LogP contribution in [0.15, 0.2) is 10.5 Å². The first-order chi connectivity index (χ1) is 15.0. The number of halogens is 4. The molecule has 3 fully saturated rings. The molecule has 1 amide bonds. The molecule has 0 N–H and O–H groups in total. The number of carbonyl (C=O) groups is 1. The average Bonchev–Trinajstić information content (AvgIpc) is 3.38. The van der Waals surface area contributed by atoms with Crippen molar-refractivity contribution in [2.24, 2.45) is 5.92 Å². The third kappa shape index (κ3) is 3.33. The predicted molar refractivity (Wildman–Crippen MR) is 134 cm³/mol. The van der Waals surface area contributed by atoms with Crippen LogP contribution in [0.5, 0.6) is 0 Å². The van der Waals surface area contributed by atoms with Gasteiger partial charge in [-0.05, 0) is 71.8 Å². The molecule has 1 aliphatic carbocycles. The van der Waals surface area contributed by atoms with Gasteiger partial charge in [-0.3, -0.25) is 0 Å². The van der Waals surface area contributed by atoms with Crippen molar-refractivity contribution in [3.63, 3.8) is 0 Å². The summed E-state index contributed by atoms with van der Waals surface area (Å²) in [5, 5.41) is 0.862. The van der Waals surface area contributed by atoms with E-state index >= 15 is 4.39 Å². The van der Waals surface area contributed by atoms with E-state index in [4.69, 9.17) is 21.3 Å². The maximum Gasteiger partial charge on any atom is 0.410 e. The van der Waals surface area contributed by atoms with Crippen LogP contribution in [0, 0.1) is 15.3 Å². The fourth-order valence-corrected chi connectivity index (χ4v) is 6.05. The summed E-state index contributed by atoms with van der Waals surface area (Å²) in [4.78, 5) is 23.8. The van der Waals surface area contributed by atoms with Gasteiger partial charge in [-0.15, -0.1) is 0 Å². The lowest BCUT2D eigenvalue weighted by molar-refractivity contribution is 0.0209. The molecule has 10 heteroatoms. The number of aryl methyl sites for hydroxylation is 1. The zero-order valence-corrected chi connectivity index (χ0v) is 22.5. The van der Waals surface area contributed by atoms with E-state index in [0.29, 0.717) is 28.3 Å². The second-order valence-corrected chi connectivity index (χ2v) is 11.7. The second-order valence-electron chi connectivity index (χ2n) is 9.42. The molecule has 4 heterocycles. The van der Waals surface area contributed by atoms with Crippen LogP contribution in [0.3, 0.4) is 0 Å². The van der Waals surface area contributed by atoms with Crippen LogP contribution < -0.4 is 0 Å². The highest BCUT2D eigenvalue weighted by atomic mass is 127. The molecule has 3 aromatic rings. The highest BCUT2D eigenvalue weighted by Crippen LogP contribution is 2.52. The van der Waals surface area contributed by atoms with Gasteiger partial charge >= 0.3 is 6.09 Å². The maximum atomic E-state index is 15.1. The van der Waals surface area contributed by atoms with E-state index < -0.39 is 11.4 Å². The molecule has 3 aliphatic rings. The fourth-order valence-electron chi connectivity index (χ4n) is 4.98. The zero-order valence-electron chi connectivity index (χ0n) is 18.0. The summed E-state index contributed by atoms with van der Waals surface area (Å²) in [6.07, 6.45) is 1.32. The first-order valence-electron chi connectivity index (χ1n) is 10.5. The lowest BCUT2D eigenvalue weighted by atomic mass is 9.79. The van der Waals surface area contributed by atoms with E-state index in [-0.39, 0.29) is 34.8 Å². The van der Waals surface area contributed by atoms with Crippen LogP contribution in [-0.2, 0) is 11.2 Å². The number of carbonyl (C=O) groups excluding carboxylic acids is 1. The quantitative estimate of drug-likeness (QED) is 0.184. The molecule has 2 aromatic heterocycles. The molecule has 1 saturated carbocycles. The Hall–Kier alpha value is -1.20. The Kier molecular flexibility index (Phi) is 5.41. The first kappa shape index (κ1) is 22.6. The normalized spacial score (nSPS) is 22.6. The van der Waals surface area contributed by atoms with Crippen LogP contribution in [0.1, 0.15) is 46.0 Å². The number of aromatic nitrogens is 3. The van der Waals surface area contributed by atoms with Crippen molar-refractivity contribution in [3.05, 3.63) is 30.9 Å². The van der Waals surface area contributed by atoms with Crippen molar-refractivity contribution in [2.75, 3.05) is 6.54 Å². The number of imidazole rings is 1. The average molecular weight is 636 g/mol. The Balaban J connectivity index is 1.68. The van der Waals surface area contributed by atoms with Crippen molar-refractivity contribution in [1.29, 1.82) is 0 Å². The number of nitrogens with zero attached hydrogens (tertiary/aromatic N) is 4. The molecule has 6 rings (SSSR count). The summed E-state index contributed by atoms with van der Waals surface area (Å²) in [6.45, 7) is 8.29. The molecule has 2 aliphatic heterocycles. The summed E-state index contributed by atoms with van der Waals surface area (Å²) >= 11 is 11.9. The molecule has 6 nitrogen and oxygen atoms in total. The highest BCUT2D eigenvalue weighted by Gasteiger charge is 2.56. The smallest absolute Gasteiger partial charge is 0.410 e. The molecule has 1 aromatic carbocycles. The number of benzene rings is 1. The minimum atomic E-state index is -0.549. The molecule has 3 atom stereocenters. The number of rotatable bonds is 2. The molecule has 2 saturated heterocycles. The van der Waals surface area contributed by atoms with Crippen molar-refractivity contribution in [2.45, 2.75) is 58.2 Å². The highest BCUT2D eigenvalue weighted by molar-refractivity contribution is 14.1. The van der Waals surface area contributed by atoms with Gasteiger partial charge in [-0.1, -0.05) is 18.5 Å². The third-order valence-electron chi connectivity index (χ3n) is 6.28. The van der Waals surface area contributed by atoms with Crippen LogP contribution in [0.25, 0.3) is 21.9 Å². The van der Waals surface area contributed by atoms with Crippen LogP contribution in [0.2, 0.25) is 5.15 Å². The molecular weight excluding hydrogens is 614 g/mol. The summed E-state index contributed by atoms with van der Waals surface area (Å²) in [5.41, 5.74) is 1.03. The number of ether oxygens (including phenoxy) is 1. The number of amides is 1. The van der Waals surface area contributed by atoms with Crippen LogP contribution >= 0.6 is 50.1 Å². The Morgan fingerprint density at radius 2 is 2.09 bits per heavy atom. The van der Waals surface area contributed by atoms with E-state index in [0.717, 1.165) is 21.3 Å². The summed E-state index contributed by atoms with van der Waals surface area (Å²) in [5.74, 6) is 0.713. The van der Waals surface area contributed by atoms with Gasteiger partial charge in [0.05, 0.1) is 22.1 Å². The lowest BCUT2D eigenvalue weighted by Crippen LogP contribution is -2.44. The number of fused-ring (bicyclic) bond motifs is 4. The van der Waals surface area contributed by atoms with Crippen LogP contribution in [0.4, 0.5) is 9.18 Å². The number of hydrogen-bond acceptors (Lipinski definition) is 4. The van der Waals surface area contributed by atoms with E-state index in [1.165, 1.54) is 0 Å². The Bertz CT molecular complexity index is 1290. The number of hydrogen-bond donors (Lipinski definition) is 0. The predicted octanol–water partition coefficient (Wildman–Crippen LogP) is 6.49. The van der Waals surface area contributed by atoms with Gasteiger partial charge in [0.1, 0.15) is 22.5 Å². The van der Waals surface area contributed by atoms with Gasteiger partial charge in [0.25, 0.3) is 0 Å². The molecule has 0 radical (unpaired) electrons. The maximum absolute atomic E-state index is 15.1. The van der Waals surface area contributed by atoms with Gasteiger partial charge in [-0.2, -0.15) is 0 Å². The zero-order chi connectivity index (χ0) is 23.1. The Morgan fingerprint density at radius 3 is 2.75 bits per heavy atom. The minimum absolute atomic E-state index is 0.0129. The molecule has 170 valence electrons. The monoisotopic (exact) mass is 634 g/mol. The van der Waals surface area contributed by atoms with E-state index in [1.807, 2.05) is 38.7 Å². The van der Waals surface area contributed by atoms with Crippen molar-refractivity contribution in [3.8, 4) is 0 Å². The lowest BCUT2D eigenvalue weighted by Gasteiger charge is -2.38. The SMILES string of the molecule is CCc1nc2c(Cl)nc3c(F)c(Br)c(I)cc3c2n1C1C2CC1N(C(=O)OC(C)(C)C)C2. The van der Waals surface area contributed by atoms with Gasteiger partial charge < -0.3 is 14.2 Å². The molecule has 32 heavy (non-hydrogen) atoms. The largest absolute Gasteiger partial charge is 0.444 e. The molecular formula is C22H22BrClFIN4O2. The molecule has 2 bridgehead atoms. The van der Waals surface area contributed by atoms with E-state index in [1.54, 1.807) is 0 Å². The third-order valence-corrected chi connectivity index (χ3v) is 8.91. The van der Waals surface area contributed by atoms with Gasteiger partial charge in [-0.25, -0.2) is 19.2 Å². The first-order valence-corrected chi connectivity index (χ1v) is 12.8. The Morgan fingerprint density at radius 1 is 1.38 bits per heavy atom. The van der Waals surface area contributed by atoms with Gasteiger partial charge in [0.15, 0.2) is 11.0 Å². The number of pyridine rings is 1. The van der Waals surface area contributed by atoms with Crippen molar-refractivity contribution >= 4 is 78.2 Å². The second kappa shape index (κ2) is 7.66. The summed E-state index contributed by atoms with van der Waals surface area (Å²) in [6, 6.07) is 1.98. The van der Waals surface area contributed by atoms with Crippen LogP contribution in [-0.4, -0.2) is 43.7 Å². The standard InChI is InChI=1S/C22H22BrClFIN4O2/c1-5-13-27-17-19(10-7-11(26)14(23)15(25)16(10)28-20(17)24)30(13)18-9-6-12(18)29(8-9)21(31)32-22(2,3)4/h7,9,12,18H,5-6,8H2,1-4H3. The topological polar surface area (TPSA) is 60.2 Å². The van der Waals surface area contributed by atoms with Crippen molar-refractivity contribution < 1.29 is 13.9 Å². The molecule has 0 spiro atoms. The minimum Gasteiger partial charge on any atom is -0.444 e. The van der Waals surface area contributed by atoms with Crippen molar-refractivity contribution in [1.82, 2.24) is 19.4 Å². The fraction of sp³-hybridized carbons (Fsp3) is 0.500.